The number of pyridine rings is 1. The van der Waals surface area contributed by atoms with Gasteiger partial charge in [0.2, 0.25) is 0 Å². The number of ether oxygens (including phenoxy) is 1. The van der Waals surface area contributed by atoms with Gasteiger partial charge in [0.25, 0.3) is 0 Å². The van der Waals surface area contributed by atoms with Crippen LogP contribution in [0.25, 0.3) is 16.9 Å². The molecular formula is C25H23N3O3S. The van der Waals surface area contributed by atoms with E-state index in [0.717, 1.165) is 17.0 Å². The van der Waals surface area contributed by atoms with Crippen LogP contribution in [0.1, 0.15) is 37.9 Å². The smallest absolute Gasteiger partial charge is 0.178 e. The van der Waals surface area contributed by atoms with E-state index in [1.807, 2.05) is 40.9 Å². The number of nitrogens with zero attached hydrogens (tertiary/aromatic N) is 3. The minimum absolute atomic E-state index is 0.0306. The summed E-state index contributed by atoms with van der Waals surface area (Å²) in [7, 11) is -3.32. The molecule has 0 saturated heterocycles. The first-order valence-corrected chi connectivity index (χ1v) is 12.0. The molecule has 0 aliphatic rings. The second-order valence-corrected chi connectivity index (χ2v) is 10.0. The SMILES string of the molecule is CCS(=O)(=O)c1cccc(Oc2cccc(-c3c(C(C)C)nc4c(C#N)cccn34)c2)c1. The van der Waals surface area contributed by atoms with Gasteiger partial charge in [-0.15, -0.1) is 0 Å². The van der Waals surface area contributed by atoms with Gasteiger partial charge in [-0.2, -0.15) is 5.26 Å². The Morgan fingerprint density at radius 2 is 1.78 bits per heavy atom. The lowest BCUT2D eigenvalue weighted by Crippen LogP contribution is -2.03. The van der Waals surface area contributed by atoms with Crippen LogP contribution in [0.5, 0.6) is 11.5 Å². The highest BCUT2D eigenvalue weighted by Crippen LogP contribution is 2.34. The number of fused-ring (bicyclic) bond motifs is 1. The monoisotopic (exact) mass is 445 g/mol. The van der Waals surface area contributed by atoms with E-state index in [4.69, 9.17) is 9.72 Å². The molecule has 0 aliphatic carbocycles. The molecule has 0 aliphatic heterocycles. The lowest BCUT2D eigenvalue weighted by Gasteiger charge is -2.11. The van der Waals surface area contributed by atoms with Gasteiger partial charge < -0.3 is 4.74 Å². The Balaban J connectivity index is 1.78. The maximum Gasteiger partial charge on any atom is 0.178 e. The molecule has 7 heteroatoms. The van der Waals surface area contributed by atoms with Crippen molar-refractivity contribution >= 4 is 15.5 Å². The fraction of sp³-hybridized carbons (Fsp3) is 0.200. The van der Waals surface area contributed by atoms with E-state index in [9.17, 15) is 13.7 Å². The third-order valence-electron chi connectivity index (χ3n) is 5.23. The average Bonchev–Trinajstić information content (AvgIpc) is 3.19. The van der Waals surface area contributed by atoms with Gasteiger partial charge in [0.1, 0.15) is 17.6 Å². The van der Waals surface area contributed by atoms with Crippen LogP contribution in [0.3, 0.4) is 0 Å². The van der Waals surface area contributed by atoms with Crippen LogP contribution >= 0.6 is 0 Å². The van der Waals surface area contributed by atoms with E-state index in [-0.39, 0.29) is 16.6 Å². The van der Waals surface area contributed by atoms with Gasteiger partial charge in [0.15, 0.2) is 15.5 Å². The first kappa shape index (κ1) is 21.6. The molecule has 0 unspecified atom stereocenters. The number of nitriles is 1. The molecule has 0 amide bonds. The summed E-state index contributed by atoms with van der Waals surface area (Å²) in [6.45, 7) is 5.75. The lowest BCUT2D eigenvalue weighted by atomic mass is 10.0. The Morgan fingerprint density at radius 1 is 1.06 bits per heavy atom. The van der Waals surface area contributed by atoms with Gasteiger partial charge in [-0.3, -0.25) is 4.40 Å². The summed E-state index contributed by atoms with van der Waals surface area (Å²) >= 11 is 0. The number of hydrogen-bond acceptors (Lipinski definition) is 5. The van der Waals surface area contributed by atoms with E-state index in [1.54, 1.807) is 37.3 Å². The van der Waals surface area contributed by atoms with Gasteiger partial charge in [0, 0.05) is 11.8 Å². The molecule has 0 spiro atoms. The van der Waals surface area contributed by atoms with Crippen LogP contribution in [0, 0.1) is 11.3 Å². The van der Waals surface area contributed by atoms with Crippen molar-refractivity contribution in [2.24, 2.45) is 0 Å². The van der Waals surface area contributed by atoms with Crippen molar-refractivity contribution in [3.8, 4) is 28.8 Å². The Bertz CT molecular complexity index is 1450. The van der Waals surface area contributed by atoms with Crippen molar-refractivity contribution in [3.63, 3.8) is 0 Å². The Morgan fingerprint density at radius 3 is 2.47 bits per heavy atom. The molecule has 0 fully saturated rings. The highest BCUT2D eigenvalue weighted by molar-refractivity contribution is 7.91. The number of rotatable bonds is 6. The summed E-state index contributed by atoms with van der Waals surface area (Å²) in [6.07, 6.45) is 1.90. The molecule has 6 nitrogen and oxygen atoms in total. The van der Waals surface area contributed by atoms with Crippen molar-refractivity contribution < 1.29 is 13.2 Å². The molecule has 4 aromatic rings. The van der Waals surface area contributed by atoms with Gasteiger partial charge in [-0.1, -0.05) is 39.0 Å². The lowest BCUT2D eigenvalue weighted by molar-refractivity contribution is 0.481. The van der Waals surface area contributed by atoms with Crippen LogP contribution in [-0.4, -0.2) is 23.6 Å². The summed E-state index contributed by atoms with van der Waals surface area (Å²) in [4.78, 5) is 4.99. The first-order valence-electron chi connectivity index (χ1n) is 10.4. The molecule has 32 heavy (non-hydrogen) atoms. The predicted molar refractivity (Wildman–Crippen MR) is 124 cm³/mol. The topological polar surface area (TPSA) is 84.5 Å². The molecule has 0 atom stereocenters. The van der Waals surface area contributed by atoms with Gasteiger partial charge >= 0.3 is 0 Å². The van der Waals surface area contributed by atoms with Crippen molar-refractivity contribution in [2.45, 2.75) is 31.6 Å². The van der Waals surface area contributed by atoms with Crippen LogP contribution in [-0.2, 0) is 9.84 Å². The predicted octanol–water partition coefficient (Wildman–Crippen LogP) is 5.58. The van der Waals surface area contributed by atoms with E-state index >= 15 is 0 Å². The van der Waals surface area contributed by atoms with Crippen molar-refractivity contribution in [1.82, 2.24) is 9.38 Å². The molecule has 162 valence electrons. The van der Waals surface area contributed by atoms with Gasteiger partial charge in [-0.05, 0) is 48.4 Å². The van der Waals surface area contributed by atoms with Crippen LogP contribution in [0.15, 0.2) is 71.8 Å². The molecule has 4 rings (SSSR count). The fourth-order valence-corrected chi connectivity index (χ4v) is 4.52. The molecular weight excluding hydrogens is 422 g/mol. The van der Waals surface area contributed by atoms with Gasteiger partial charge in [-0.25, -0.2) is 13.4 Å². The summed E-state index contributed by atoms with van der Waals surface area (Å²) in [5.41, 5.74) is 3.83. The molecule has 0 radical (unpaired) electrons. The highest BCUT2D eigenvalue weighted by atomic mass is 32.2. The van der Waals surface area contributed by atoms with Crippen molar-refractivity contribution in [3.05, 3.63) is 78.1 Å². The standard InChI is InChI=1S/C25H23N3O3S/c1-4-32(29,30)22-12-6-11-21(15-22)31-20-10-5-8-18(14-20)24-23(17(2)3)27-25-19(16-26)9-7-13-28(24)25/h5-15,17H,4H2,1-3H3. The zero-order valence-electron chi connectivity index (χ0n) is 18.1. The number of imidazole rings is 1. The minimum atomic E-state index is -3.32. The number of benzene rings is 2. The summed E-state index contributed by atoms with van der Waals surface area (Å²) in [5, 5.41) is 9.48. The summed E-state index contributed by atoms with van der Waals surface area (Å²) in [6, 6.07) is 19.9. The second-order valence-electron chi connectivity index (χ2n) is 7.74. The largest absolute Gasteiger partial charge is 0.457 e. The molecule has 2 heterocycles. The normalized spacial score (nSPS) is 11.6. The summed E-state index contributed by atoms with van der Waals surface area (Å²) < 4.78 is 32.4. The van der Waals surface area contributed by atoms with Crippen molar-refractivity contribution in [2.75, 3.05) is 5.75 Å². The first-order chi connectivity index (χ1) is 15.3. The van der Waals surface area contributed by atoms with E-state index in [2.05, 4.69) is 19.9 Å². The van der Waals surface area contributed by atoms with Crippen LogP contribution < -0.4 is 4.74 Å². The van der Waals surface area contributed by atoms with E-state index < -0.39 is 9.84 Å². The maximum absolute atomic E-state index is 12.2. The molecule has 0 N–H and O–H groups in total. The number of hydrogen-bond donors (Lipinski definition) is 0. The van der Waals surface area contributed by atoms with Crippen molar-refractivity contribution in [1.29, 1.82) is 5.26 Å². The van der Waals surface area contributed by atoms with Crippen LogP contribution in [0.2, 0.25) is 0 Å². The minimum Gasteiger partial charge on any atom is -0.457 e. The quantitative estimate of drug-likeness (QED) is 0.387. The second kappa shape index (κ2) is 8.48. The van der Waals surface area contributed by atoms with E-state index in [0.29, 0.717) is 22.7 Å². The zero-order chi connectivity index (χ0) is 22.9. The van der Waals surface area contributed by atoms with Gasteiger partial charge in [0.05, 0.1) is 27.6 Å². The fourth-order valence-electron chi connectivity index (χ4n) is 3.60. The van der Waals surface area contributed by atoms with E-state index in [1.165, 1.54) is 0 Å². The molecule has 2 aromatic carbocycles. The Hall–Kier alpha value is -3.63. The third kappa shape index (κ3) is 3.97. The zero-order valence-corrected chi connectivity index (χ0v) is 18.9. The Labute approximate surface area is 187 Å². The molecule has 2 aromatic heterocycles. The number of sulfone groups is 1. The third-order valence-corrected chi connectivity index (χ3v) is 6.96. The van der Waals surface area contributed by atoms with Crippen LogP contribution in [0.4, 0.5) is 0 Å². The highest BCUT2D eigenvalue weighted by Gasteiger charge is 2.19. The maximum atomic E-state index is 12.2. The summed E-state index contributed by atoms with van der Waals surface area (Å²) in [5.74, 6) is 1.21. The average molecular weight is 446 g/mol. The molecule has 0 bridgehead atoms. The Kier molecular flexibility index (Phi) is 5.72. The molecule has 0 saturated carbocycles. The number of aromatic nitrogens is 2.